The number of nitro benzene ring substituents is 1. The molecular weight excluding hydrogens is 326 g/mol. The fraction of sp³-hybridized carbons (Fsp3) is 0.353. The molecule has 1 aromatic carbocycles. The number of thiophene rings is 1. The Balaban J connectivity index is 1.66. The van der Waals surface area contributed by atoms with Crippen LogP contribution in [0.4, 0.5) is 5.69 Å². The molecule has 1 unspecified atom stereocenters. The van der Waals surface area contributed by atoms with Crippen LogP contribution in [0.1, 0.15) is 24.1 Å². The molecule has 7 heteroatoms. The molecular formula is C17H19N3O3S. The maximum atomic E-state index is 11.9. The van der Waals surface area contributed by atoms with Gasteiger partial charge in [-0.05, 0) is 37.0 Å². The van der Waals surface area contributed by atoms with Gasteiger partial charge in [0.2, 0.25) is 5.91 Å². The Morgan fingerprint density at radius 3 is 3.00 bits per heavy atom. The molecule has 1 aliphatic rings. The summed E-state index contributed by atoms with van der Waals surface area (Å²) in [6, 6.07) is 10.5. The third-order valence-corrected chi connectivity index (χ3v) is 5.20. The van der Waals surface area contributed by atoms with E-state index in [1.165, 1.54) is 6.07 Å². The van der Waals surface area contributed by atoms with Crippen molar-refractivity contribution in [3.63, 3.8) is 0 Å². The topological polar surface area (TPSA) is 84.3 Å². The third-order valence-electron chi connectivity index (χ3n) is 4.06. The van der Waals surface area contributed by atoms with Gasteiger partial charge in [0.25, 0.3) is 5.69 Å². The lowest BCUT2D eigenvalue weighted by molar-refractivity contribution is -0.384. The van der Waals surface area contributed by atoms with Crippen molar-refractivity contribution < 1.29 is 9.72 Å². The summed E-state index contributed by atoms with van der Waals surface area (Å²) in [6.45, 7) is 1.38. The zero-order valence-corrected chi connectivity index (χ0v) is 14.0. The number of benzene rings is 1. The van der Waals surface area contributed by atoms with E-state index in [0.717, 1.165) is 41.1 Å². The molecule has 126 valence electrons. The van der Waals surface area contributed by atoms with Crippen LogP contribution in [0.25, 0.3) is 10.4 Å². The Kier molecular flexibility index (Phi) is 5.22. The number of non-ortho nitro benzene ring substituents is 1. The molecule has 1 aromatic heterocycles. The lowest BCUT2D eigenvalue weighted by Crippen LogP contribution is -2.42. The second kappa shape index (κ2) is 7.55. The van der Waals surface area contributed by atoms with Crippen LogP contribution in [0.5, 0.6) is 0 Å². The summed E-state index contributed by atoms with van der Waals surface area (Å²) in [7, 11) is 0. The van der Waals surface area contributed by atoms with Gasteiger partial charge >= 0.3 is 0 Å². The van der Waals surface area contributed by atoms with Crippen molar-refractivity contribution in [2.24, 2.45) is 0 Å². The molecule has 0 radical (unpaired) electrons. The average molecular weight is 345 g/mol. The van der Waals surface area contributed by atoms with Crippen LogP contribution in [0.3, 0.4) is 0 Å². The van der Waals surface area contributed by atoms with Crippen molar-refractivity contribution in [3.05, 3.63) is 51.4 Å². The lowest BCUT2D eigenvalue weighted by Gasteiger charge is -2.14. The first-order valence-electron chi connectivity index (χ1n) is 7.98. The molecule has 24 heavy (non-hydrogen) atoms. The average Bonchev–Trinajstić information content (AvgIpc) is 2.96. The Hall–Kier alpha value is -2.25. The second-order valence-electron chi connectivity index (χ2n) is 5.79. The summed E-state index contributed by atoms with van der Waals surface area (Å²) in [6.07, 6.45) is 2.93. The number of nitro groups is 1. The molecule has 1 amide bonds. The summed E-state index contributed by atoms with van der Waals surface area (Å²) in [5.41, 5.74) is 0.934. The van der Waals surface area contributed by atoms with E-state index in [2.05, 4.69) is 10.6 Å². The van der Waals surface area contributed by atoms with Gasteiger partial charge in [-0.25, -0.2) is 0 Å². The van der Waals surface area contributed by atoms with Crippen LogP contribution >= 0.6 is 11.3 Å². The Morgan fingerprint density at radius 1 is 1.29 bits per heavy atom. The van der Waals surface area contributed by atoms with Crippen LogP contribution in [0, 0.1) is 10.1 Å². The molecule has 1 atom stereocenters. The Morgan fingerprint density at radius 2 is 2.17 bits per heavy atom. The van der Waals surface area contributed by atoms with E-state index in [0.29, 0.717) is 6.54 Å². The maximum absolute atomic E-state index is 11.9. The number of carbonyl (C=O) groups is 1. The quantitative estimate of drug-likeness (QED) is 0.644. The fourth-order valence-corrected chi connectivity index (χ4v) is 3.71. The van der Waals surface area contributed by atoms with Crippen LogP contribution in [0.2, 0.25) is 0 Å². The minimum absolute atomic E-state index is 0.0722. The number of amides is 1. The van der Waals surface area contributed by atoms with Gasteiger partial charge in [0.15, 0.2) is 0 Å². The number of nitrogens with one attached hydrogen (secondary N) is 2. The van der Waals surface area contributed by atoms with E-state index < -0.39 is 0 Å². The highest BCUT2D eigenvalue weighted by Gasteiger charge is 2.20. The zero-order chi connectivity index (χ0) is 16.9. The molecule has 2 N–H and O–H groups in total. The molecule has 0 aliphatic carbocycles. The van der Waals surface area contributed by atoms with Crippen LogP contribution in [-0.4, -0.2) is 23.4 Å². The number of rotatable bonds is 5. The second-order valence-corrected chi connectivity index (χ2v) is 6.96. The minimum Gasteiger partial charge on any atom is -0.355 e. The molecule has 1 fully saturated rings. The van der Waals surface area contributed by atoms with E-state index in [1.54, 1.807) is 23.5 Å². The van der Waals surface area contributed by atoms with Gasteiger partial charge in [0.05, 0.1) is 11.0 Å². The monoisotopic (exact) mass is 345 g/mol. The van der Waals surface area contributed by atoms with E-state index in [4.69, 9.17) is 0 Å². The van der Waals surface area contributed by atoms with Gasteiger partial charge in [-0.15, -0.1) is 11.3 Å². The molecule has 0 saturated carbocycles. The van der Waals surface area contributed by atoms with Crippen molar-refractivity contribution in [1.29, 1.82) is 0 Å². The first-order valence-corrected chi connectivity index (χ1v) is 8.80. The molecule has 2 aromatic rings. The molecule has 0 bridgehead atoms. The smallest absolute Gasteiger partial charge is 0.270 e. The van der Waals surface area contributed by atoms with Crippen molar-refractivity contribution in [2.75, 3.05) is 6.54 Å². The largest absolute Gasteiger partial charge is 0.355 e. The van der Waals surface area contributed by atoms with Crippen molar-refractivity contribution in [1.82, 2.24) is 10.6 Å². The van der Waals surface area contributed by atoms with Crippen LogP contribution in [-0.2, 0) is 11.3 Å². The molecule has 6 nitrogen and oxygen atoms in total. The van der Waals surface area contributed by atoms with E-state index in [-0.39, 0.29) is 22.6 Å². The Bertz CT molecular complexity index is 744. The molecule has 1 saturated heterocycles. The van der Waals surface area contributed by atoms with E-state index in [9.17, 15) is 14.9 Å². The summed E-state index contributed by atoms with van der Waals surface area (Å²) in [5, 5.41) is 17.1. The van der Waals surface area contributed by atoms with Crippen molar-refractivity contribution in [3.8, 4) is 10.4 Å². The molecule has 1 aliphatic heterocycles. The fourth-order valence-electron chi connectivity index (χ4n) is 2.76. The molecule has 3 rings (SSSR count). The van der Waals surface area contributed by atoms with E-state index in [1.807, 2.05) is 18.2 Å². The Labute approximate surface area is 144 Å². The zero-order valence-electron chi connectivity index (χ0n) is 13.2. The first-order chi connectivity index (χ1) is 11.6. The molecule has 0 spiro atoms. The van der Waals surface area contributed by atoms with Crippen LogP contribution in [0.15, 0.2) is 36.4 Å². The number of nitrogens with zero attached hydrogens (tertiary/aromatic N) is 1. The SMILES string of the molecule is O=C1NCCCCC1NCc1ccc(-c2cccc([N+](=O)[O-])c2)s1. The van der Waals surface area contributed by atoms with E-state index >= 15 is 0 Å². The highest BCUT2D eigenvalue weighted by atomic mass is 32.1. The van der Waals surface area contributed by atoms with Crippen molar-refractivity contribution >= 4 is 22.9 Å². The highest BCUT2D eigenvalue weighted by Crippen LogP contribution is 2.30. The lowest BCUT2D eigenvalue weighted by atomic mass is 10.1. The maximum Gasteiger partial charge on any atom is 0.270 e. The van der Waals surface area contributed by atoms with Gasteiger partial charge in [-0.3, -0.25) is 14.9 Å². The van der Waals surface area contributed by atoms with Gasteiger partial charge in [-0.1, -0.05) is 12.1 Å². The van der Waals surface area contributed by atoms with Crippen LogP contribution < -0.4 is 10.6 Å². The summed E-state index contributed by atoms with van der Waals surface area (Å²) < 4.78 is 0. The summed E-state index contributed by atoms with van der Waals surface area (Å²) in [5.74, 6) is 0.0722. The first kappa shape index (κ1) is 16.6. The molecule has 2 heterocycles. The predicted molar refractivity (Wildman–Crippen MR) is 93.9 cm³/mol. The highest BCUT2D eigenvalue weighted by molar-refractivity contribution is 7.15. The number of hydrogen-bond donors (Lipinski definition) is 2. The number of carbonyl (C=O) groups excluding carboxylic acids is 1. The van der Waals surface area contributed by atoms with Gasteiger partial charge in [0.1, 0.15) is 0 Å². The number of hydrogen-bond acceptors (Lipinski definition) is 5. The van der Waals surface area contributed by atoms with Gasteiger partial charge < -0.3 is 10.6 Å². The minimum atomic E-state index is -0.385. The summed E-state index contributed by atoms with van der Waals surface area (Å²) >= 11 is 1.58. The van der Waals surface area contributed by atoms with Crippen molar-refractivity contribution in [2.45, 2.75) is 31.8 Å². The standard InChI is InChI=1S/C17H19N3O3S/c21-17-15(6-1-2-9-18-17)19-11-14-7-8-16(24-14)12-4-3-5-13(10-12)20(22)23/h3-5,7-8,10,15,19H,1-2,6,9,11H2,(H,18,21). The predicted octanol–water partition coefficient (Wildman–Crippen LogP) is 3.08. The normalized spacial score (nSPS) is 18.0. The summed E-state index contributed by atoms with van der Waals surface area (Å²) in [4.78, 5) is 24.5. The van der Waals surface area contributed by atoms with Gasteiger partial charge in [0, 0.05) is 35.0 Å². The van der Waals surface area contributed by atoms with Gasteiger partial charge in [-0.2, -0.15) is 0 Å². The third kappa shape index (κ3) is 3.98.